The Bertz CT molecular complexity index is 75.1. The van der Waals surface area contributed by atoms with Crippen LogP contribution >= 0.6 is 15.9 Å². The zero-order valence-electron chi connectivity index (χ0n) is 6.37. The minimum Gasteiger partial charge on any atom is -0.368 e. The molecular weight excluding hydrogens is 200 g/mol. The lowest BCUT2D eigenvalue weighted by Gasteiger charge is -2.16. The van der Waals surface area contributed by atoms with Crippen LogP contribution in [0.5, 0.6) is 0 Å². The lowest BCUT2D eigenvalue weighted by Crippen LogP contribution is -2.21. The number of rotatable bonds is 4. The Morgan fingerprint density at radius 3 is 2.00 bits per heavy atom. The lowest BCUT2D eigenvalue weighted by atomic mass is 10.7. The monoisotopic (exact) mass is 212 g/mol. The molecule has 0 rings (SSSR count). The molecule has 0 aromatic rings. The molecule has 3 unspecified atom stereocenters. The SMILES string of the molecule is CC(O)OC(C)OC(C)Br. The molecule has 0 fully saturated rings. The van der Waals surface area contributed by atoms with Crippen molar-refractivity contribution in [3.05, 3.63) is 0 Å². The standard InChI is InChI=1S/C6H13BrO3/c1-4(7)9-6(3)10-5(2)8/h4-6,8H,1-3H3. The summed E-state index contributed by atoms with van der Waals surface area (Å²) in [6.07, 6.45) is -1.16. The summed E-state index contributed by atoms with van der Waals surface area (Å²) in [4.78, 5) is 0. The molecule has 0 aromatic carbocycles. The molecule has 3 atom stereocenters. The van der Waals surface area contributed by atoms with Gasteiger partial charge in [0.2, 0.25) is 0 Å². The van der Waals surface area contributed by atoms with Gasteiger partial charge in [-0.25, -0.2) is 0 Å². The number of ether oxygens (including phenoxy) is 2. The highest BCUT2D eigenvalue weighted by Gasteiger charge is 2.07. The minimum absolute atomic E-state index is 0.0544. The van der Waals surface area contributed by atoms with Gasteiger partial charge in [-0.3, -0.25) is 0 Å². The van der Waals surface area contributed by atoms with E-state index < -0.39 is 6.29 Å². The van der Waals surface area contributed by atoms with E-state index in [1.807, 2.05) is 6.92 Å². The first-order valence-corrected chi connectivity index (χ1v) is 4.07. The van der Waals surface area contributed by atoms with Crippen molar-refractivity contribution in [3.8, 4) is 0 Å². The van der Waals surface area contributed by atoms with E-state index >= 15 is 0 Å². The third-order valence-electron chi connectivity index (χ3n) is 0.768. The highest BCUT2D eigenvalue weighted by atomic mass is 79.9. The summed E-state index contributed by atoms with van der Waals surface area (Å²) >= 11 is 3.18. The molecule has 0 aliphatic heterocycles. The smallest absolute Gasteiger partial charge is 0.159 e. The molecule has 1 N–H and O–H groups in total. The molecule has 0 spiro atoms. The highest BCUT2D eigenvalue weighted by molar-refractivity contribution is 9.09. The first kappa shape index (κ1) is 10.4. The van der Waals surface area contributed by atoms with Gasteiger partial charge in [0.1, 0.15) is 5.01 Å². The molecule has 0 amide bonds. The van der Waals surface area contributed by atoms with Gasteiger partial charge in [-0.1, -0.05) is 15.9 Å². The van der Waals surface area contributed by atoms with E-state index in [2.05, 4.69) is 15.9 Å². The summed E-state index contributed by atoms with van der Waals surface area (Å²) in [5.41, 5.74) is 0. The van der Waals surface area contributed by atoms with Crippen molar-refractivity contribution >= 4 is 15.9 Å². The van der Waals surface area contributed by atoms with E-state index in [1.165, 1.54) is 0 Å². The lowest BCUT2D eigenvalue weighted by molar-refractivity contribution is -0.215. The van der Waals surface area contributed by atoms with Gasteiger partial charge >= 0.3 is 0 Å². The second-order valence-corrected chi connectivity index (χ2v) is 3.27. The van der Waals surface area contributed by atoms with Crippen molar-refractivity contribution in [2.45, 2.75) is 38.4 Å². The minimum atomic E-state index is -0.777. The summed E-state index contributed by atoms with van der Waals surface area (Å²) in [7, 11) is 0. The quantitative estimate of drug-likeness (QED) is 0.567. The van der Waals surface area contributed by atoms with Gasteiger partial charge in [-0.05, 0) is 20.8 Å². The highest BCUT2D eigenvalue weighted by Crippen LogP contribution is 2.06. The van der Waals surface area contributed by atoms with Crippen molar-refractivity contribution < 1.29 is 14.6 Å². The van der Waals surface area contributed by atoms with E-state index in [0.717, 1.165) is 0 Å². The molecule has 0 aromatic heterocycles. The Kier molecular flexibility index (Phi) is 5.25. The molecule has 3 nitrogen and oxygen atoms in total. The average Bonchev–Trinajstić information content (AvgIpc) is 1.58. The summed E-state index contributed by atoms with van der Waals surface area (Å²) in [5.74, 6) is 0. The molecule has 0 aliphatic rings. The van der Waals surface area contributed by atoms with Gasteiger partial charge in [0.25, 0.3) is 0 Å². The van der Waals surface area contributed by atoms with Crippen LogP contribution in [0.3, 0.4) is 0 Å². The molecule has 4 heteroatoms. The van der Waals surface area contributed by atoms with Crippen molar-refractivity contribution in [2.75, 3.05) is 0 Å². The van der Waals surface area contributed by atoms with Gasteiger partial charge in [0.15, 0.2) is 12.6 Å². The van der Waals surface area contributed by atoms with Crippen LogP contribution in [0.2, 0.25) is 0 Å². The Morgan fingerprint density at radius 1 is 1.20 bits per heavy atom. The fourth-order valence-electron chi connectivity index (χ4n) is 0.573. The average molecular weight is 213 g/mol. The molecular formula is C6H13BrO3. The fraction of sp³-hybridized carbons (Fsp3) is 1.00. The first-order chi connectivity index (χ1) is 4.52. The van der Waals surface area contributed by atoms with Crippen LogP contribution in [0.4, 0.5) is 0 Å². The van der Waals surface area contributed by atoms with Crippen LogP contribution in [0.15, 0.2) is 0 Å². The normalized spacial score (nSPS) is 20.1. The van der Waals surface area contributed by atoms with Gasteiger partial charge in [-0.15, -0.1) is 0 Å². The fourth-order valence-corrected chi connectivity index (χ4v) is 0.877. The molecule has 0 saturated heterocycles. The molecule has 0 radical (unpaired) electrons. The maximum absolute atomic E-state index is 8.72. The summed E-state index contributed by atoms with van der Waals surface area (Å²) in [5, 5.41) is 8.66. The number of aliphatic hydroxyl groups is 1. The van der Waals surface area contributed by atoms with Crippen molar-refractivity contribution in [1.29, 1.82) is 0 Å². The Morgan fingerprint density at radius 2 is 1.70 bits per heavy atom. The van der Waals surface area contributed by atoms with Crippen LogP contribution in [0, 0.1) is 0 Å². The predicted octanol–water partition coefficient (Wildman–Crippen LogP) is 1.44. The van der Waals surface area contributed by atoms with Crippen LogP contribution in [0.25, 0.3) is 0 Å². The molecule has 10 heavy (non-hydrogen) atoms. The second-order valence-electron chi connectivity index (χ2n) is 1.98. The van der Waals surface area contributed by atoms with Crippen LogP contribution in [-0.2, 0) is 9.47 Å². The third kappa shape index (κ3) is 6.48. The Labute approximate surface area is 69.5 Å². The topological polar surface area (TPSA) is 38.7 Å². The number of hydrogen-bond acceptors (Lipinski definition) is 3. The van der Waals surface area contributed by atoms with E-state index in [1.54, 1.807) is 13.8 Å². The molecule has 0 saturated carbocycles. The number of alkyl halides is 1. The van der Waals surface area contributed by atoms with E-state index in [0.29, 0.717) is 0 Å². The summed E-state index contributed by atoms with van der Waals surface area (Å²) in [6, 6.07) is 0. The number of hydrogen-bond donors (Lipinski definition) is 1. The predicted molar refractivity (Wildman–Crippen MR) is 41.7 cm³/mol. The second kappa shape index (κ2) is 5.07. The van der Waals surface area contributed by atoms with Crippen LogP contribution in [-0.4, -0.2) is 22.7 Å². The van der Waals surface area contributed by atoms with E-state index in [9.17, 15) is 0 Å². The number of aliphatic hydroxyl groups excluding tert-OH is 1. The van der Waals surface area contributed by atoms with Crippen LogP contribution < -0.4 is 0 Å². The zero-order chi connectivity index (χ0) is 8.15. The summed E-state index contributed by atoms with van der Waals surface area (Å²) in [6.45, 7) is 5.10. The van der Waals surface area contributed by atoms with Gasteiger partial charge in [-0.2, -0.15) is 0 Å². The van der Waals surface area contributed by atoms with Crippen LogP contribution in [0.1, 0.15) is 20.8 Å². The van der Waals surface area contributed by atoms with Crippen molar-refractivity contribution in [2.24, 2.45) is 0 Å². The van der Waals surface area contributed by atoms with Crippen molar-refractivity contribution in [1.82, 2.24) is 0 Å². The zero-order valence-corrected chi connectivity index (χ0v) is 7.96. The maximum Gasteiger partial charge on any atom is 0.159 e. The largest absolute Gasteiger partial charge is 0.368 e. The molecule has 0 bridgehead atoms. The molecule has 62 valence electrons. The van der Waals surface area contributed by atoms with Gasteiger partial charge in [0.05, 0.1) is 0 Å². The van der Waals surface area contributed by atoms with E-state index in [4.69, 9.17) is 14.6 Å². The Hall–Kier alpha value is 0.360. The summed E-state index contributed by atoms with van der Waals surface area (Å²) < 4.78 is 9.96. The first-order valence-electron chi connectivity index (χ1n) is 3.15. The third-order valence-corrected chi connectivity index (χ3v) is 0.984. The molecule has 0 aliphatic carbocycles. The van der Waals surface area contributed by atoms with Gasteiger partial charge < -0.3 is 14.6 Å². The Balaban J connectivity index is 3.34. The van der Waals surface area contributed by atoms with Crippen molar-refractivity contribution in [3.63, 3.8) is 0 Å². The maximum atomic E-state index is 8.72. The number of halogens is 1. The van der Waals surface area contributed by atoms with E-state index in [-0.39, 0.29) is 11.3 Å². The molecule has 0 heterocycles. The van der Waals surface area contributed by atoms with Gasteiger partial charge in [0, 0.05) is 0 Å².